The van der Waals surface area contributed by atoms with E-state index >= 15 is 0 Å². The molecule has 0 N–H and O–H groups in total. The second-order valence-electron chi connectivity index (χ2n) is 3.63. The highest BCUT2D eigenvalue weighted by Crippen LogP contribution is 2.29. The van der Waals surface area contributed by atoms with Crippen LogP contribution in [0.4, 0.5) is 9.59 Å². The van der Waals surface area contributed by atoms with Crippen molar-refractivity contribution in [1.29, 1.82) is 0 Å². The maximum atomic E-state index is 10.8. The fourth-order valence-electron chi connectivity index (χ4n) is 1.76. The number of rotatable bonds is 4. The molecule has 16 heavy (non-hydrogen) atoms. The van der Waals surface area contributed by atoms with Gasteiger partial charge < -0.3 is 9.47 Å². The predicted molar refractivity (Wildman–Crippen MR) is 66.1 cm³/mol. The summed E-state index contributed by atoms with van der Waals surface area (Å²) in [5.74, 6) is 0.0243. The third-order valence-electron chi connectivity index (χ3n) is 2.45. The lowest BCUT2D eigenvalue weighted by Gasteiger charge is -2.19. The molecule has 1 aliphatic carbocycles. The van der Waals surface area contributed by atoms with Crippen molar-refractivity contribution >= 4 is 35.9 Å². The zero-order valence-corrected chi connectivity index (χ0v) is 10.7. The molecule has 0 saturated carbocycles. The van der Waals surface area contributed by atoms with Gasteiger partial charge in [0, 0.05) is 5.92 Å². The topological polar surface area (TPSA) is 52.6 Å². The van der Waals surface area contributed by atoms with Crippen LogP contribution in [0.5, 0.6) is 0 Å². The Balaban J connectivity index is 2.50. The molecule has 0 aromatic rings. The minimum atomic E-state index is -0.604. The second-order valence-corrected chi connectivity index (χ2v) is 4.36. The van der Waals surface area contributed by atoms with Crippen molar-refractivity contribution in [2.75, 3.05) is 6.61 Å². The van der Waals surface area contributed by atoms with E-state index in [0.717, 1.165) is 18.4 Å². The fourth-order valence-corrected chi connectivity index (χ4v) is 1.96. The fraction of sp³-hybridized carbons (Fsp3) is 0.600. The minimum Gasteiger partial charge on any atom is -0.457 e. The van der Waals surface area contributed by atoms with Gasteiger partial charge in [-0.25, -0.2) is 9.59 Å². The number of thiol groups is 2. The van der Waals surface area contributed by atoms with Gasteiger partial charge in [-0.3, -0.25) is 0 Å². The summed E-state index contributed by atoms with van der Waals surface area (Å²) < 4.78 is 9.84. The van der Waals surface area contributed by atoms with Gasteiger partial charge in [-0.15, -0.1) is 0 Å². The lowest BCUT2D eigenvalue weighted by molar-refractivity contribution is 0.126. The van der Waals surface area contributed by atoms with Gasteiger partial charge >= 0.3 is 10.6 Å². The SMILES string of the molecule is CC(COC(=O)S)C1=CCC[C@@H]1OC(=O)S. The zero-order chi connectivity index (χ0) is 12.1. The van der Waals surface area contributed by atoms with Crippen LogP contribution in [0.3, 0.4) is 0 Å². The minimum absolute atomic E-state index is 0.0243. The molecule has 0 saturated heterocycles. The standard InChI is InChI=1S/C10H14O4S2/c1-6(5-13-9(11)15)7-3-2-4-8(7)14-10(12)16/h3,6,8H,2,4-5H2,1H3,(H,11,15)(H,12,16)/t6?,8-/m0/s1. The molecule has 0 amide bonds. The summed E-state index contributed by atoms with van der Waals surface area (Å²) in [7, 11) is 0. The largest absolute Gasteiger partial charge is 0.457 e. The molecule has 0 bridgehead atoms. The molecule has 1 aliphatic rings. The monoisotopic (exact) mass is 262 g/mol. The van der Waals surface area contributed by atoms with Crippen molar-refractivity contribution < 1.29 is 19.1 Å². The van der Waals surface area contributed by atoms with E-state index < -0.39 is 10.6 Å². The molecule has 0 aliphatic heterocycles. The number of hydrogen-bond donors (Lipinski definition) is 2. The van der Waals surface area contributed by atoms with Gasteiger partial charge in [-0.2, -0.15) is 0 Å². The first-order valence-electron chi connectivity index (χ1n) is 4.96. The van der Waals surface area contributed by atoms with Gasteiger partial charge in [0.05, 0.1) is 6.61 Å². The highest BCUT2D eigenvalue weighted by Gasteiger charge is 2.26. The van der Waals surface area contributed by atoms with Crippen LogP contribution >= 0.6 is 25.3 Å². The van der Waals surface area contributed by atoms with Crippen molar-refractivity contribution in [2.24, 2.45) is 5.92 Å². The summed E-state index contributed by atoms with van der Waals surface area (Å²) in [5, 5.41) is -1.19. The molecule has 0 radical (unpaired) electrons. The average Bonchev–Trinajstić information content (AvgIpc) is 2.61. The Morgan fingerprint density at radius 3 is 2.75 bits per heavy atom. The van der Waals surface area contributed by atoms with E-state index in [1.807, 2.05) is 13.0 Å². The molecule has 1 unspecified atom stereocenters. The van der Waals surface area contributed by atoms with Crippen LogP contribution in [-0.4, -0.2) is 23.3 Å². The first kappa shape index (κ1) is 13.4. The van der Waals surface area contributed by atoms with E-state index in [2.05, 4.69) is 25.3 Å². The smallest absolute Gasteiger partial charge is 0.364 e. The Bertz CT molecular complexity index is 314. The third kappa shape index (κ3) is 4.09. The van der Waals surface area contributed by atoms with Gasteiger partial charge in [-0.1, -0.05) is 38.3 Å². The Morgan fingerprint density at radius 1 is 1.50 bits per heavy atom. The van der Waals surface area contributed by atoms with Crippen molar-refractivity contribution in [3.8, 4) is 0 Å². The maximum absolute atomic E-state index is 10.8. The highest BCUT2D eigenvalue weighted by molar-refractivity contribution is 7.96. The third-order valence-corrected chi connectivity index (χ3v) is 2.68. The molecule has 0 fully saturated rings. The van der Waals surface area contributed by atoms with Crippen LogP contribution in [-0.2, 0) is 9.47 Å². The Morgan fingerprint density at radius 2 is 2.19 bits per heavy atom. The Hall–Kier alpha value is -0.620. The number of carbonyl (C=O) groups is 2. The number of ether oxygens (including phenoxy) is 2. The molecule has 0 aromatic carbocycles. The van der Waals surface area contributed by atoms with Gasteiger partial charge in [0.25, 0.3) is 0 Å². The molecule has 0 spiro atoms. The first-order chi connectivity index (χ1) is 7.50. The summed E-state index contributed by atoms with van der Waals surface area (Å²) in [6.07, 6.45) is 3.40. The molecule has 0 aromatic heterocycles. The maximum Gasteiger partial charge on any atom is 0.364 e. The van der Waals surface area contributed by atoms with E-state index in [-0.39, 0.29) is 18.6 Å². The van der Waals surface area contributed by atoms with Gasteiger partial charge in [0.15, 0.2) is 0 Å². The van der Waals surface area contributed by atoms with Crippen LogP contribution in [0.2, 0.25) is 0 Å². The molecule has 0 heterocycles. The van der Waals surface area contributed by atoms with E-state index in [1.54, 1.807) is 0 Å². The van der Waals surface area contributed by atoms with E-state index in [1.165, 1.54) is 0 Å². The van der Waals surface area contributed by atoms with Crippen LogP contribution in [0.25, 0.3) is 0 Å². The van der Waals surface area contributed by atoms with Crippen LogP contribution < -0.4 is 0 Å². The zero-order valence-electron chi connectivity index (χ0n) is 8.88. The quantitative estimate of drug-likeness (QED) is 0.465. The molecular formula is C10H14O4S2. The van der Waals surface area contributed by atoms with Crippen LogP contribution in [0.15, 0.2) is 11.6 Å². The Labute approximate surface area is 105 Å². The van der Waals surface area contributed by atoms with E-state index in [9.17, 15) is 9.59 Å². The molecule has 6 heteroatoms. The second kappa shape index (κ2) is 6.20. The van der Waals surface area contributed by atoms with Crippen LogP contribution in [0, 0.1) is 5.92 Å². The van der Waals surface area contributed by atoms with Crippen molar-refractivity contribution in [1.82, 2.24) is 0 Å². The van der Waals surface area contributed by atoms with Gasteiger partial charge in [-0.05, 0) is 18.4 Å². The summed E-state index contributed by atoms with van der Waals surface area (Å²) in [4.78, 5) is 21.3. The molecular weight excluding hydrogens is 248 g/mol. The normalized spacial score (nSPS) is 21.2. The lowest BCUT2D eigenvalue weighted by atomic mass is 9.99. The van der Waals surface area contributed by atoms with E-state index in [0.29, 0.717) is 0 Å². The Kier molecular flexibility index (Phi) is 5.21. The lowest BCUT2D eigenvalue weighted by Crippen LogP contribution is -2.21. The first-order valence-corrected chi connectivity index (χ1v) is 5.85. The summed E-state index contributed by atoms with van der Waals surface area (Å²) in [5.41, 5.74) is 0.983. The summed E-state index contributed by atoms with van der Waals surface area (Å²) >= 11 is 7.10. The number of carbonyl (C=O) groups excluding carboxylic acids is 2. The number of allylic oxidation sites excluding steroid dienone is 1. The van der Waals surface area contributed by atoms with Gasteiger partial charge in [0.1, 0.15) is 6.10 Å². The number of hydrogen-bond acceptors (Lipinski definition) is 4. The highest BCUT2D eigenvalue weighted by atomic mass is 32.1. The molecule has 90 valence electrons. The van der Waals surface area contributed by atoms with Crippen molar-refractivity contribution in [3.63, 3.8) is 0 Å². The van der Waals surface area contributed by atoms with Crippen molar-refractivity contribution in [3.05, 3.63) is 11.6 Å². The molecule has 1 rings (SSSR count). The predicted octanol–water partition coefficient (Wildman–Crippen LogP) is 2.84. The molecule has 2 atom stereocenters. The average molecular weight is 262 g/mol. The summed E-state index contributed by atoms with van der Waals surface area (Å²) in [6.45, 7) is 2.15. The van der Waals surface area contributed by atoms with E-state index in [4.69, 9.17) is 9.47 Å². The summed E-state index contributed by atoms with van der Waals surface area (Å²) in [6, 6.07) is 0. The van der Waals surface area contributed by atoms with Crippen LogP contribution in [0.1, 0.15) is 19.8 Å². The van der Waals surface area contributed by atoms with Gasteiger partial charge in [0.2, 0.25) is 0 Å². The molecule has 4 nitrogen and oxygen atoms in total. The van der Waals surface area contributed by atoms with Crippen molar-refractivity contribution in [2.45, 2.75) is 25.9 Å².